The third-order valence-corrected chi connectivity index (χ3v) is 6.89. The van der Waals surface area contributed by atoms with E-state index in [4.69, 9.17) is 0 Å². The van der Waals surface area contributed by atoms with Gasteiger partial charge in [0.1, 0.15) is 11.4 Å². The van der Waals surface area contributed by atoms with Crippen molar-refractivity contribution in [1.82, 2.24) is 10.2 Å². The molecule has 2 aromatic carbocycles. The number of thioether (sulfide) groups is 1. The SMILES string of the molecule is CC(Sc1nnc(Nc2ccccc2F)s1)C(=O)N1c2ccccc2NC(=O)C1(C)C. The summed E-state index contributed by atoms with van der Waals surface area (Å²) >= 11 is 2.47. The lowest BCUT2D eigenvalue weighted by Gasteiger charge is -2.42. The van der Waals surface area contributed by atoms with Crippen LogP contribution in [0.4, 0.5) is 26.6 Å². The minimum absolute atomic E-state index is 0.212. The smallest absolute Gasteiger partial charge is 0.250 e. The Morgan fingerprint density at radius 2 is 1.90 bits per heavy atom. The molecule has 1 aliphatic rings. The van der Waals surface area contributed by atoms with E-state index in [0.29, 0.717) is 26.5 Å². The number of anilines is 4. The van der Waals surface area contributed by atoms with E-state index in [2.05, 4.69) is 20.8 Å². The summed E-state index contributed by atoms with van der Waals surface area (Å²) in [5, 5.41) is 13.8. The van der Waals surface area contributed by atoms with E-state index in [9.17, 15) is 14.0 Å². The zero-order valence-electron chi connectivity index (χ0n) is 17.0. The van der Waals surface area contributed by atoms with Crippen molar-refractivity contribution in [3.63, 3.8) is 0 Å². The Balaban J connectivity index is 1.52. The summed E-state index contributed by atoms with van der Waals surface area (Å²) in [6, 6.07) is 13.5. The summed E-state index contributed by atoms with van der Waals surface area (Å²) in [6.07, 6.45) is 0. The summed E-state index contributed by atoms with van der Waals surface area (Å²) in [5.41, 5.74) is 0.518. The molecule has 4 rings (SSSR count). The molecule has 10 heteroatoms. The first-order valence-corrected chi connectivity index (χ1v) is 11.2. The first-order chi connectivity index (χ1) is 14.8. The first-order valence-electron chi connectivity index (χ1n) is 9.53. The van der Waals surface area contributed by atoms with E-state index in [-0.39, 0.29) is 17.6 Å². The van der Waals surface area contributed by atoms with E-state index in [1.54, 1.807) is 49.9 Å². The molecular weight excluding hydrogens is 437 g/mol. The molecule has 2 N–H and O–H groups in total. The Morgan fingerprint density at radius 1 is 1.19 bits per heavy atom. The number of nitrogens with zero attached hydrogens (tertiary/aromatic N) is 3. The number of benzene rings is 2. The van der Waals surface area contributed by atoms with Gasteiger partial charge in [0.15, 0.2) is 4.34 Å². The number of hydrogen-bond donors (Lipinski definition) is 2. The molecule has 0 saturated carbocycles. The topological polar surface area (TPSA) is 87.2 Å². The van der Waals surface area contributed by atoms with E-state index in [1.165, 1.54) is 29.2 Å². The summed E-state index contributed by atoms with van der Waals surface area (Å²) in [7, 11) is 0. The Kier molecular flexibility index (Phi) is 5.67. The molecule has 0 saturated heterocycles. The van der Waals surface area contributed by atoms with E-state index < -0.39 is 10.8 Å². The van der Waals surface area contributed by atoms with Crippen LogP contribution in [0.15, 0.2) is 52.9 Å². The van der Waals surface area contributed by atoms with E-state index >= 15 is 0 Å². The lowest BCUT2D eigenvalue weighted by molar-refractivity contribution is -0.126. The van der Waals surface area contributed by atoms with Gasteiger partial charge in [-0.05, 0) is 45.0 Å². The molecule has 0 spiro atoms. The largest absolute Gasteiger partial charge is 0.328 e. The molecule has 160 valence electrons. The highest BCUT2D eigenvalue weighted by atomic mass is 32.2. The van der Waals surface area contributed by atoms with Crippen molar-refractivity contribution in [2.45, 2.75) is 35.9 Å². The number of carbonyl (C=O) groups is 2. The maximum atomic E-state index is 13.8. The second kappa shape index (κ2) is 8.27. The van der Waals surface area contributed by atoms with Gasteiger partial charge in [-0.1, -0.05) is 47.4 Å². The van der Waals surface area contributed by atoms with Crippen LogP contribution < -0.4 is 15.5 Å². The third-order valence-electron chi connectivity index (χ3n) is 4.88. The molecule has 1 aromatic heterocycles. The predicted molar refractivity (Wildman–Crippen MR) is 122 cm³/mol. The standard InChI is InChI=1S/C21H20FN5O2S2/c1-12(30-20-26-25-19(31-20)24-14-9-5-4-8-13(14)22)17(28)27-16-11-7-6-10-15(16)23-18(29)21(27,2)3/h4-12H,1-3H3,(H,23,29)(H,24,25). The zero-order valence-corrected chi connectivity index (χ0v) is 18.7. The Bertz CT molecular complexity index is 1150. The zero-order chi connectivity index (χ0) is 22.2. The number of fused-ring (bicyclic) bond motifs is 1. The highest BCUT2D eigenvalue weighted by Crippen LogP contribution is 2.39. The molecule has 7 nitrogen and oxygen atoms in total. The monoisotopic (exact) mass is 457 g/mol. The van der Waals surface area contributed by atoms with Gasteiger partial charge in [-0.25, -0.2) is 4.39 Å². The number of nitrogens with one attached hydrogen (secondary N) is 2. The van der Waals surface area contributed by atoms with E-state index in [1.807, 2.05) is 18.2 Å². The van der Waals surface area contributed by atoms with Crippen LogP contribution in [0.1, 0.15) is 20.8 Å². The lowest BCUT2D eigenvalue weighted by Crippen LogP contribution is -2.60. The Labute approximate surface area is 187 Å². The molecule has 1 unspecified atom stereocenters. The molecule has 2 amide bonds. The molecule has 31 heavy (non-hydrogen) atoms. The van der Waals surface area contributed by atoms with E-state index in [0.717, 1.165) is 0 Å². The summed E-state index contributed by atoms with van der Waals surface area (Å²) in [6.45, 7) is 5.20. The van der Waals surface area contributed by atoms with Gasteiger partial charge in [0.25, 0.3) is 0 Å². The lowest BCUT2D eigenvalue weighted by atomic mass is 9.96. The Hall–Kier alpha value is -2.98. The van der Waals surface area contributed by atoms with Crippen LogP contribution in [0.3, 0.4) is 0 Å². The number of amides is 2. The number of halogens is 1. The molecule has 0 fully saturated rings. The van der Waals surface area contributed by atoms with Gasteiger partial charge >= 0.3 is 0 Å². The fourth-order valence-electron chi connectivity index (χ4n) is 3.22. The van der Waals surface area contributed by atoms with Crippen LogP contribution in [0.25, 0.3) is 0 Å². The normalized spacial score (nSPS) is 15.7. The van der Waals surface area contributed by atoms with Gasteiger partial charge in [-0.3, -0.25) is 14.5 Å². The van der Waals surface area contributed by atoms with Gasteiger partial charge in [0, 0.05) is 0 Å². The van der Waals surface area contributed by atoms with Crippen LogP contribution in [0, 0.1) is 5.82 Å². The molecule has 1 atom stereocenters. The molecule has 0 aliphatic carbocycles. The van der Waals surface area contributed by atoms with Crippen molar-refractivity contribution in [3.8, 4) is 0 Å². The first kappa shape index (κ1) is 21.3. The predicted octanol–water partition coefficient (Wildman–Crippen LogP) is 4.67. The average Bonchev–Trinajstić information content (AvgIpc) is 3.17. The van der Waals surface area contributed by atoms with Crippen molar-refractivity contribution in [1.29, 1.82) is 0 Å². The fourth-order valence-corrected chi connectivity index (χ4v) is 5.16. The molecule has 0 radical (unpaired) electrons. The summed E-state index contributed by atoms with van der Waals surface area (Å²) in [5.74, 6) is -0.847. The summed E-state index contributed by atoms with van der Waals surface area (Å²) in [4.78, 5) is 27.5. The van der Waals surface area contributed by atoms with Gasteiger partial charge in [-0.2, -0.15) is 0 Å². The minimum atomic E-state index is -1.04. The average molecular weight is 458 g/mol. The van der Waals surface area contributed by atoms with Crippen molar-refractivity contribution in [3.05, 3.63) is 54.3 Å². The van der Waals surface area contributed by atoms with Crippen molar-refractivity contribution in [2.24, 2.45) is 0 Å². The fraction of sp³-hybridized carbons (Fsp3) is 0.238. The second-order valence-corrected chi connectivity index (χ2v) is 10.0. The minimum Gasteiger partial charge on any atom is -0.328 e. The maximum Gasteiger partial charge on any atom is 0.250 e. The molecule has 1 aliphatic heterocycles. The van der Waals surface area contributed by atoms with Crippen molar-refractivity contribution >= 4 is 57.1 Å². The molecule has 2 heterocycles. The second-order valence-electron chi connectivity index (χ2n) is 7.44. The van der Waals surface area contributed by atoms with Crippen molar-refractivity contribution in [2.75, 3.05) is 15.5 Å². The van der Waals surface area contributed by atoms with Crippen LogP contribution in [0.5, 0.6) is 0 Å². The van der Waals surface area contributed by atoms with Gasteiger partial charge in [0.05, 0.1) is 22.3 Å². The Morgan fingerprint density at radius 3 is 2.68 bits per heavy atom. The number of para-hydroxylation sites is 3. The van der Waals surface area contributed by atoms with Gasteiger partial charge in [0.2, 0.25) is 16.9 Å². The van der Waals surface area contributed by atoms with Crippen LogP contribution >= 0.6 is 23.1 Å². The van der Waals surface area contributed by atoms with Crippen LogP contribution in [-0.2, 0) is 9.59 Å². The van der Waals surface area contributed by atoms with Gasteiger partial charge < -0.3 is 10.6 Å². The van der Waals surface area contributed by atoms with Crippen LogP contribution in [0.2, 0.25) is 0 Å². The molecule has 3 aromatic rings. The summed E-state index contributed by atoms with van der Waals surface area (Å²) < 4.78 is 14.4. The van der Waals surface area contributed by atoms with Crippen molar-refractivity contribution < 1.29 is 14.0 Å². The highest BCUT2D eigenvalue weighted by molar-refractivity contribution is 8.02. The maximum absolute atomic E-state index is 13.8. The molecule has 0 bridgehead atoms. The number of hydrogen-bond acceptors (Lipinski definition) is 7. The quantitative estimate of drug-likeness (QED) is 0.542. The highest BCUT2D eigenvalue weighted by Gasteiger charge is 2.44. The number of carbonyl (C=O) groups excluding carboxylic acids is 2. The number of aromatic nitrogens is 2. The van der Waals surface area contributed by atoms with Crippen LogP contribution in [-0.4, -0.2) is 32.8 Å². The number of rotatable bonds is 5. The van der Waals surface area contributed by atoms with Gasteiger partial charge in [-0.15, -0.1) is 10.2 Å². The third kappa shape index (κ3) is 4.13. The molecular formula is C21H20FN5O2S2.